The number of hydrogen-bond acceptors (Lipinski definition) is 4. The minimum absolute atomic E-state index is 2.65. The van der Waals surface area contributed by atoms with Crippen LogP contribution in [0, 0.1) is 0 Å². The molecule has 0 aromatic rings. The normalized spacial score (nSPS) is 11.6. The number of rotatable bonds is 0. The highest BCUT2D eigenvalue weighted by Gasteiger charge is 1.83. The third-order valence-electron chi connectivity index (χ3n) is 0. The van der Waals surface area contributed by atoms with Gasteiger partial charge in [0.05, 0.1) is 0 Å². The lowest BCUT2D eigenvalue weighted by atomic mass is 15.9. The molecule has 10 heavy (non-hydrogen) atoms. The molecular formula is H4O6S4. The smallest absolute Gasteiger partial charge is 0.277 e. The van der Waals surface area contributed by atoms with Crippen LogP contribution in [0.4, 0.5) is 0 Å². The lowest BCUT2D eigenvalue weighted by Gasteiger charge is -1.67. The van der Waals surface area contributed by atoms with Gasteiger partial charge in [0.25, 0.3) is 0 Å². The van der Waals surface area contributed by atoms with E-state index in [4.69, 9.17) is 25.9 Å². The zero-order valence-corrected chi connectivity index (χ0v) is 7.66. The van der Waals surface area contributed by atoms with Crippen LogP contribution in [0.25, 0.3) is 0 Å². The van der Waals surface area contributed by atoms with Crippen LogP contribution in [0.15, 0.2) is 0 Å². The molecule has 64 valence electrons. The zero-order valence-electron chi connectivity index (χ0n) is 4.24. The minimum atomic E-state index is -3.97. The van der Waals surface area contributed by atoms with E-state index in [9.17, 15) is 0 Å². The lowest BCUT2D eigenvalue weighted by Crippen LogP contribution is -1.78. The van der Waals surface area contributed by atoms with E-state index in [2.05, 4.69) is 23.3 Å². The van der Waals surface area contributed by atoms with E-state index in [-0.39, 0.29) is 0 Å². The molecular weight excluding hydrogens is 224 g/mol. The van der Waals surface area contributed by atoms with E-state index in [0.29, 0.717) is 0 Å². The Kier molecular flexibility index (Phi) is 5.79. The monoisotopic (exact) mass is 228 g/mol. The quantitative estimate of drug-likeness (QED) is 0.251. The van der Waals surface area contributed by atoms with Gasteiger partial charge in [0.2, 0.25) is 0 Å². The molecule has 0 radical (unpaired) electrons. The summed E-state index contributed by atoms with van der Waals surface area (Å²) in [5.74, 6) is 0. The van der Waals surface area contributed by atoms with Crippen molar-refractivity contribution in [2.24, 2.45) is 0 Å². The summed E-state index contributed by atoms with van der Waals surface area (Å²) in [5.41, 5.74) is 0. The van der Waals surface area contributed by atoms with Crippen LogP contribution in [0.1, 0.15) is 0 Å². The Bertz CT molecular complexity index is 206. The molecule has 0 atom stereocenters. The first-order valence-electron chi connectivity index (χ1n) is 1.40. The first-order valence-corrected chi connectivity index (χ1v) is 6.38. The molecule has 2 N–H and O–H groups in total. The standard InChI is InChI=1S/2H2O3S2/c2*1-5(2,3)4/h2*(H2,1,2,3,4). The van der Waals surface area contributed by atoms with E-state index in [0.717, 1.165) is 0 Å². The summed E-state index contributed by atoms with van der Waals surface area (Å²) in [6.45, 7) is 0. The van der Waals surface area contributed by atoms with Crippen LogP contribution in [-0.4, -0.2) is 25.9 Å². The molecule has 6 nitrogen and oxygen atoms in total. The molecule has 0 bridgehead atoms. The highest BCUT2D eigenvalue weighted by molar-refractivity contribution is 8.61. The fourth-order valence-electron chi connectivity index (χ4n) is 0. The molecule has 0 aliphatic rings. The second-order valence-corrected chi connectivity index (χ2v) is 5.46. The first kappa shape index (κ1) is 13.1. The van der Waals surface area contributed by atoms with Gasteiger partial charge in [0, 0.05) is 0 Å². The summed E-state index contributed by atoms with van der Waals surface area (Å²) >= 11 is 5.30. The molecule has 0 fully saturated rings. The Hall–Kier alpha value is 0.520. The predicted octanol–water partition coefficient (Wildman–Crippen LogP) is -0.562. The molecule has 10 heteroatoms. The molecule has 0 aromatic heterocycles. The average molecular weight is 228 g/mol. The van der Waals surface area contributed by atoms with Gasteiger partial charge in [0.1, 0.15) is 0 Å². The fourth-order valence-corrected chi connectivity index (χ4v) is 0. The number of hydrogen-bond donors (Lipinski definition) is 4. The van der Waals surface area contributed by atoms with E-state index in [1.54, 1.807) is 0 Å². The Labute approximate surface area is 67.7 Å². The van der Waals surface area contributed by atoms with Crippen LogP contribution in [0.5, 0.6) is 0 Å². The van der Waals surface area contributed by atoms with E-state index in [1.165, 1.54) is 0 Å². The molecule has 0 saturated carbocycles. The average Bonchev–Trinajstić information content (AvgIpc) is 1.12. The maximum absolute atomic E-state index is 9.05. The summed E-state index contributed by atoms with van der Waals surface area (Å²) in [5, 5.41) is 0. The van der Waals surface area contributed by atoms with Crippen molar-refractivity contribution in [3.8, 4) is 0 Å². The van der Waals surface area contributed by atoms with Gasteiger partial charge >= 0.3 is 18.3 Å². The van der Waals surface area contributed by atoms with Crippen molar-refractivity contribution in [3.05, 3.63) is 0 Å². The summed E-state index contributed by atoms with van der Waals surface area (Å²) in [6, 6.07) is 0. The van der Waals surface area contributed by atoms with E-state index in [1.807, 2.05) is 0 Å². The molecule has 0 amide bonds. The second-order valence-electron chi connectivity index (χ2n) is 0.896. The zero-order chi connectivity index (χ0) is 9.00. The predicted molar refractivity (Wildman–Crippen MR) is 41.1 cm³/mol. The Balaban J connectivity index is 0. The molecule has 0 aromatic carbocycles. The van der Waals surface area contributed by atoms with Gasteiger partial charge in [-0.1, -0.05) is 0 Å². The van der Waals surface area contributed by atoms with Crippen molar-refractivity contribution >= 4 is 41.6 Å². The molecule has 0 aliphatic heterocycles. The van der Waals surface area contributed by atoms with Gasteiger partial charge in [0.15, 0.2) is 0 Å². The summed E-state index contributed by atoms with van der Waals surface area (Å²) in [6.07, 6.45) is 0. The highest BCUT2D eigenvalue weighted by Crippen LogP contribution is 1.81. The Morgan fingerprint density at radius 2 is 0.800 bits per heavy atom. The van der Waals surface area contributed by atoms with Crippen molar-refractivity contribution in [2.75, 3.05) is 0 Å². The first-order chi connectivity index (χ1) is 4.00. The third-order valence-corrected chi connectivity index (χ3v) is 0. The molecule has 0 spiro atoms. The van der Waals surface area contributed by atoms with Gasteiger partial charge < -0.3 is 0 Å². The van der Waals surface area contributed by atoms with E-state index < -0.39 is 18.3 Å². The third kappa shape index (κ3) is 1780. The van der Waals surface area contributed by atoms with Crippen molar-refractivity contribution in [1.29, 1.82) is 0 Å². The molecule has 0 rings (SSSR count). The van der Waals surface area contributed by atoms with Gasteiger partial charge in [-0.2, -0.15) is 16.8 Å². The molecule has 0 saturated heterocycles. The van der Waals surface area contributed by atoms with Gasteiger partial charge in [-0.15, -0.1) is 0 Å². The van der Waals surface area contributed by atoms with Gasteiger partial charge in [-0.05, 0) is 23.3 Å². The van der Waals surface area contributed by atoms with Crippen LogP contribution >= 0.6 is 23.3 Å². The Morgan fingerprint density at radius 3 is 0.800 bits per heavy atom. The lowest BCUT2D eigenvalue weighted by molar-refractivity contribution is 0.501. The maximum atomic E-state index is 9.05. The summed E-state index contributed by atoms with van der Waals surface area (Å²) in [7, 11) is -7.94. The van der Waals surface area contributed by atoms with Crippen molar-refractivity contribution in [2.45, 2.75) is 0 Å². The topological polar surface area (TPSA) is 109 Å². The van der Waals surface area contributed by atoms with Crippen LogP contribution < -0.4 is 0 Å². The maximum Gasteiger partial charge on any atom is 0.316 e. The van der Waals surface area contributed by atoms with Crippen molar-refractivity contribution < 1.29 is 25.9 Å². The molecule has 0 unspecified atom stereocenters. The van der Waals surface area contributed by atoms with Crippen LogP contribution in [-0.2, 0) is 18.3 Å². The van der Waals surface area contributed by atoms with Crippen LogP contribution in [0.3, 0.4) is 0 Å². The van der Waals surface area contributed by atoms with Crippen molar-refractivity contribution in [3.63, 3.8) is 0 Å². The Morgan fingerprint density at radius 1 is 0.800 bits per heavy atom. The van der Waals surface area contributed by atoms with Gasteiger partial charge in [-0.25, -0.2) is 0 Å². The van der Waals surface area contributed by atoms with E-state index >= 15 is 0 Å². The summed E-state index contributed by atoms with van der Waals surface area (Å²) < 4.78 is 50.9. The van der Waals surface area contributed by atoms with Crippen molar-refractivity contribution in [1.82, 2.24) is 0 Å². The minimum Gasteiger partial charge on any atom is -0.277 e. The van der Waals surface area contributed by atoms with Gasteiger partial charge in [-0.3, -0.25) is 9.11 Å². The summed E-state index contributed by atoms with van der Waals surface area (Å²) in [4.78, 5) is 0. The fraction of sp³-hybridized carbons (Fsp3) is 0. The molecule has 0 heterocycles. The second kappa shape index (κ2) is 4.41. The SMILES string of the molecule is O=S(=O)(O)S.O=S(=O)(O)S. The largest absolute Gasteiger partial charge is 0.316 e. The van der Waals surface area contributed by atoms with Crippen LogP contribution in [0.2, 0.25) is 0 Å². The molecule has 0 aliphatic carbocycles. The number of thiol groups is 2. The highest BCUT2D eigenvalue weighted by atomic mass is 33.1.